The number of rotatable bonds is 3. The van der Waals surface area contributed by atoms with E-state index in [-0.39, 0.29) is 12.3 Å². The van der Waals surface area contributed by atoms with Gasteiger partial charge in [-0.3, -0.25) is 4.79 Å². The molecule has 1 aromatic rings. The van der Waals surface area contributed by atoms with Crippen molar-refractivity contribution in [2.45, 2.75) is 31.6 Å². The lowest BCUT2D eigenvalue weighted by molar-refractivity contribution is -0.137. The maximum Gasteiger partial charge on any atom is 0.303 e. The molecule has 0 radical (unpaired) electrons. The highest BCUT2D eigenvalue weighted by Crippen LogP contribution is 2.44. The van der Waals surface area contributed by atoms with Crippen LogP contribution in [0.2, 0.25) is 0 Å². The van der Waals surface area contributed by atoms with Gasteiger partial charge in [0.25, 0.3) is 0 Å². The maximum atomic E-state index is 10.8. The molecule has 1 aliphatic carbocycles. The molecular weight excluding hydrogens is 204 g/mol. The molecule has 2 atom stereocenters. The van der Waals surface area contributed by atoms with Crippen molar-refractivity contribution in [3.63, 3.8) is 0 Å². The molecule has 1 N–H and O–H groups in total. The minimum Gasteiger partial charge on any atom is -0.497 e. The molecule has 0 amide bonds. The van der Waals surface area contributed by atoms with E-state index in [4.69, 9.17) is 9.84 Å². The van der Waals surface area contributed by atoms with E-state index >= 15 is 0 Å². The van der Waals surface area contributed by atoms with Crippen LogP contribution >= 0.6 is 0 Å². The summed E-state index contributed by atoms with van der Waals surface area (Å²) in [5.41, 5.74) is 2.42. The second-order valence-corrected chi connectivity index (χ2v) is 4.43. The zero-order chi connectivity index (χ0) is 11.7. The first-order chi connectivity index (χ1) is 7.61. The van der Waals surface area contributed by atoms with Crippen molar-refractivity contribution in [3.05, 3.63) is 29.3 Å². The van der Waals surface area contributed by atoms with Gasteiger partial charge in [-0.1, -0.05) is 13.0 Å². The van der Waals surface area contributed by atoms with Crippen LogP contribution in [0, 0.1) is 0 Å². The van der Waals surface area contributed by atoms with E-state index in [0.717, 1.165) is 17.7 Å². The Labute approximate surface area is 95.0 Å². The number of benzene rings is 1. The Morgan fingerprint density at radius 1 is 1.50 bits per heavy atom. The minimum atomic E-state index is -0.729. The van der Waals surface area contributed by atoms with Crippen molar-refractivity contribution in [2.24, 2.45) is 0 Å². The molecule has 0 aliphatic heterocycles. The Bertz CT molecular complexity index is 412. The van der Waals surface area contributed by atoms with E-state index in [2.05, 4.69) is 13.0 Å². The zero-order valence-electron chi connectivity index (χ0n) is 9.56. The number of fused-ring (bicyclic) bond motifs is 1. The Morgan fingerprint density at radius 3 is 2.88 bits per heavy atom. The summed E-state index contributed by atoms with van der Waals surface area (Å²) >= 11 is 0. The minimum absolute atomic E-state index is 0.137. The van der Waals surface area contributed by atoms with Crippen LogP contribution in [-0.4, -0.2) is 18.2 Å². The summed E-state index contributed by atoms with van der Waals surface area (Å²) < 4.78 is 5.18. The van der Waals surface area contributed by atoms with Crippen LogP contribution in [0.5, 0.6) is 5.75 Å². The van der Waals surface area contributed by atoms with E-state index < -0.39 is 5.97 Å². The van der Waals surface area contributed by atoms with E-state index in [1.54, 1.807) is 7.11 Å². The van der Waals surface area contributed by atoms with Gasteiger partial charge in [0, 0.05) is 0 Å². The van der Waals surface area contributed by atoms with Crippen LogP contribution in [-0.2, 0) is 4.79 Å². The van der Waals surface area contributed by atoms with Gasteiger partial charge in [-0.05, 0) is 41.5 Å². The predicted molar refractivity (Wildman–Crippen MR) is 61.0 cm³/mol. The summed E-state index contributed by atoms with van der Waals surface area (Å²) in [6, 6.07) is 5.98. The Balaban J connectivity index is 2.34. The van der Waals surface area contributed by atoms with Crippen molar-refractivity contribution in [2.75, 3.05) is 7.11 Å². The van der Waals surface area contributed by atoms with E-state index in [1.807, 2.05) is 12.1 Å². The smallest absolute Gasteiger partial charge is 0.303 e. The molecule has 0 heterocycles. The summed E-state index contributed by atoms with van der Waals surface area (Å²) in [5, 5.41) is 8.88. The Kier molecular flexibility index (Phi) is 2.86. The predicted octanol–water partition coefficient (Wildman–Crippen LogP) is 2.76. The lowest BCUT2D eigenvalue weighted by atomic mass is 9.98. The first-order valence-electron chi connectivity index (χ1n) is 5.51. The van der Waals surface area contributed by atoms with Crippen molar-refractivity contribution in [1.82, 2.24) is 0 Å². The van der Waals surface area contributed by atoms with Crippen LogP contribution in [0.25, 0.3) is 0 Å². The lowest BCUT2D eigenvalue weighted by Gasteiger charge is -2.09. The zero-order valence-corrected chi connectivity index (χ0v) is 9.56. The molecule has 1 aliphatic rings. The number of aliphatic carboxylic acids is 1. The lowest BCUT2D eigenvalue weighted by Crippen LogP contribution is -2.03. The topological polar surface area (TPSA) is 46.5 Å². The van der Waals surface area contributed by atoms with E-state index in [1.165, 1.54) is 5.56 Å². The van der Waals surface area contributed by atoms with Gasteiger partial charge in [0.1, 0.15) is 5.75 Å². The summed E-state index contributed by atoms with van der Waals surface area (Å²) in [4.78, 5) is 10.8. The molecule has 86 valence electrons. The number of carbonyl (C=O) groups is 1. The quantitative estimate of drug-likeness (QED) is 0.852. The van der Waals surface area contributed by atoms with Crippen LogP contribution in [0.1, 0.15) is 42.7 Å². The third kappa shape index (κ3) is 1.90. The number of methoxy groups -OCH3 is 1. The maximum absolute atomic E-state index is 10.8. The molecule has 0 fully saturated rings. The first-order valence-corrected chi connectivity index (χ1v) is 5.51. The summed E-state index contributed by atoms with van der Waals surface area (Å²) in [6.45, 7) is 2.15. The fourth-order valence-corrected chi connectivity index (χ4v) is 2.57. The standard InChI is InChI=1S/C13H16O3/c1-8-5-9(6-13(14)15)12-7-10(16-2)3-4-11(8)12/h3-4,7-9H,5-6H2,1-2H3,(H,14,15). The van der Waals surface area contributed by atoms with Crippen LogP contribution in [0.3, 0.4) is 0 Å². The molecule has 3 nitrogen and oxygen atoms in total. The normalized spacial score (nSPS) is 22.9. The molecule has 1 aromatic carbocycles. The number of hydrogen-bond donors (Lipinski definition) is 1. The SMILES string of the molecule is COc1ccc2c(c1)C(CC(=O)O)CC2C. The summed E-state index contributed by atoms with van der Waals surface area (Å²) in [5.74, 6) is 0.666. The molecule has 3 heteroatoms. The largest absolute Gasteiger partial charge is 0.497 e. The number of ether oxygens (including phenoxy) is 1. The highest BCUT2D eigenvalue weighted by Gasteiger charge is 2.29. The molecule has 2 unspecified atom stereocenters. The molecule has 2 rings (SSSR count). The average Bonchev–Trinajstić information content (AvgIpc) is 2.54. The van der Waals surface area contributed by atoms with Gasteiger partial charge in [0.15, 0.2) is 0 Å². The van der Waals surface area contributed by atoms with Gasteiger partial charge < -0.3 is 9.84 Å². The fraction of sp³-hybridized carbons (Fsp3) is 0.462. The van der Waals surface area contributed by atoms with Crippen molar-refractivity contribution in [3.8, 4) is 5.75 Å². The molecule has 0 spiro atoms. The second-order valence-electron chi connectivity index (χ2n) is 4.43. The van der Waals surface area contributed by atoms with Crippen LogP contribution < -0.4 is 4.74 Å². The second kappa shape index (κ2) is 4.16. The average molecular weight is 220 g/mol. The first kappa shape index (κ1) is 11.0. The molecule has 0 saturated carbocycles. The molecule has 0 bridgehead atoms. The molecule has 16 heavy (non-hydrogen) atoms. The molecule has 0 aromatic heterocycles. The van der Waals surface area contributed by atoms with Gasteiger partial charge in [0.05, 0.1) is 13.5 Å². The van der Waals surface area contributed by atoms with Crippen LogP contribution in [0.4, 0.5) is 0 Å². The van der Waals surface area contributed by atoms with Gasteiger partial charge >= 0.3 is 5.97 Å². The third-order valence-corrected chi connectivity index (χ3v) is 3.32. The molecular formula is C13H16O3. The Hall–Kier alpha value is -1.51. The van der Waals surface area contributed by atoms with Crippen molar-refractivity contribution in [1.29, 1.82) is 0 Å². The monoisotopic (exact) mass is 220 g/mol. The number of carboxylic acids is 1. The fourth-order valence-electron chi connectivity index (χ4n) is 2.57. The van der Waals surface area contributed by atoms with Gasteiger partial charge in [-0.2, -0.15) is 0 Å². The summed E-state index contributed by atoms with van der Waals surface area (Å²) in [7, 11) is 1.63. The van der Waals surface area contributed by atoms with E-state index in [9.17, 15) is 4.79 Å². The van der Waals surface area contributed by atoms with Crippen molar-refractivity contribution >= 4 is 5.97 Å². The highest BCUT2D eigenvalue weighted by atomic mass is 16.5. The Morgan fingerprint density at radius 2 is 2.25 bits per heavy atom. The summed E-state index contributed by atoms with van der Waals surface area (Å²) in [6.07, 6.45) is 1.14. The molecule has 0 saturated heterocycles. The van der Waals surface area contributed by atoms with Crippen molar-refractivity contribution < 1.29 is 14.6 Å². The van der Waals surface area contributed by atoms with Gasteiger partial charge in [-0.15, -0.1) is 0 Å². The van der Waals surface area contributed by atoms with Gasteiger partial charge in [-0.25, -0.2) is 0 Å². The van der Waals surface area contributed by atoms with Crippen LogP contribution in [0.15, 0.2) is 18.2 Å². The number of hydrogen-bond acceptors (Lipinski definition) is 2. The number of carboxylic acid groups (broad SMARTS) is 1. The van der Waals surface area contributed by atoms with Gasteiger partial charge in [0.2, 0.25) is 0 Å². The highest BCUT2D eigenvalue weighted by molar-refractivity contribution is 5.68. The third-order valence-electron chi connectivity index (χ3n) is 3.32. The van der Waals surface area contributed by atoms with E-state index in [0.29, 0.717) is 5.92 Å².